The van der Waals surface area contributed by atoms with Crippen molar-refractivity contribution in [2.45, 2.75) is 284 Å². The van der Waals surface area contributed by atoms with Crippen LogP contribution in [0.2, 0.25) is 0 Å². The molecular weight excluding hydrogens is 1020 g/mol. The quantitative estimate of drug-likeness (QED) is 0.0261. The first-order chi connectivity index (χ1) is 41.0. The van der Waals surface area contributed by atoms with Gasteiger partial charge in [-0.25, -0.2) is 0 Å². The van der Waals surface area contributed by atoms with Gasteiger partial charge in [-0.3, -0.25) is 14.4 Å². The Labute approximate surface area is 511 Å². The van der Waals surface area contributed by atoms with E-state index in [2.05, 4.69) is 191 Å². The van der Waals surface area contributed by atoms with Crippen molar-refractivity contribution in [3.8, 4) is 0 Å². The van der Waals surface area contributed by atoms with Crippen LogP contribution in [0.4, 0.5) is 0 Å². The van der Waals surface area contributed by atoms with Crippen LogP contribution in [0.25, 0.3) is 0 Å². The number of ether oxygens (including phenoxy) is 3. The molecule has 0 bridgehead atoms. The predicted octanol–water partition coefficient (Wildman–Crippen LogP) is 23.4. The first-order valence-corrected chi connectivity index (χ1v) is 33.6. The van der Waals surface area contributed by atoms with Crippen LogP contribution >= 0.6 is 0 Å². The summed E-state index contributed by atoms with van der Waals surface area (Å²) in [6.07, 6.45) is 102. The van der Waals surface area contributed by atoms with Crippen LogP contribution in [-0.4, -0.2) is 37.2 Å². The van der Waals surface area contributed by atoms with Crippen molar-refractivity contribution in [2.24, 2.45) is 0 Å². The van der Waals surface area contributed by atoms with Gasteiger partial charge in [0.15, 0.2) is 6.10 Å². The van der Waals surface area contributed by atoms with E-state index in [0.29, 0.717) is 19.3 Å². The van der Waals surface area contributed by atoms with Gasteiger partial charge < -0.3 is 14.2 Å². The molecule has 0 aromatic carbocycles. The van der Waals surface area contributed by atoms with Crippen molar-refractivity contribution in [1.29, 1.82) is 0 Å². The summed E-state index contributed by atoms with van der Waals surface area (Å²) in [6.45, 7) is 6.27. The Bertz CT molecular complexity index is 1890. The molecule has 1 unspecified atom stereocenters. The summed E-state index contributed by atoms with van der Waals surface area (Å²) in [6, 6.07) is 0. The lowest BCUT2D eigenvalue weighted by Gasteiger charge is -2.18. The number of unbranched alkanes of at least 4 members (excludes halogenated alkanes) is 20. The second-order valence-electron chi connectivity index (χ2n) is 21.6. The van der Waals surface area contributed by atoms with E-state index in [9.17, 15) is 14.4 Å². The maximum absolute atomic E-state index is 13.0. The van der Waals surface area contributed by atoms with Gasteiger partial charge in [0, 0.05) is 19.3 Å². The van der Waals surface area contributed by atoms with Crippen LogP contribution in [-0.2, 0) is 28.6 Å². The van der Waals surface area contributed by atoms with Crippen LogP contribution in [0, 0.1) is 0 Å². The SMILES string of the molecule is CC/C=C\C/C=C\C/C=C\C/C=C\C/C=C\C/C=C\C/C=C\CCCCCC(=O)OCC(COC(=O)CCCCCCCCC/C=C\C/C=C\C/C=C\CC)OC(=O)CCCCCCCCCCCC/C=C\C/C=C\C/C=C\C/C=C\CC. The standard InChI is InChI=1S/C77H122O6/c1-4-7-10-13-16-19-22-25-28-31-33-35-37-38-40-41-43-46-49-52-55-58-61-64-67-70-76(79)82-73-74(72-81-75(78)69-66-63-60-57-54-51-48-45-30-27-24-21-18-15-12-9-6-3)83-77(80)71-68-65-62-59-56-53-50-47-44-42-39-36-34-32-29-26-23-20-17-14-11-8-5-2/h7-12,16-21,25-30,33-36,38,40,43,46,52,55,74H,4-6,13-15,22-24,31-32,37,39,41-42,44-45,47-51,53-54,56-73H2,1-3H3/b10-7-,11-8-,12-9-,19-16-,20-17-,21-18-,28-25-,29-26-,30-27-,35-33-,36-34-,40-38-,46-43-,55-52-. The molecule has 0 amide bonds. The summed E-state index contributed by atoms with van der Waals surface area (Å²) in [4.78, 5) is 38.5. The molecule has 0 aliphatic heterocycles. The van der Waals surface area contributed by atoms with Gasteiger partial charge in [0.05, 0.1) is 0 Å². The highest BCUT2D eigenvalue weighted by atomic mass is 16.6. The second kappa shape index (κ2) is 69.3. The molecule has 0 saturated carbocycles. The third kappa shape index (κ3) is 67.4. The van der Waals surface area contributed by atoms with Crippen molar-refractivity contribution < 1.29 is 28.6 Å². The molecule has 6 heteroatoms. The Morgan fingerprint density at radius 1 is 0.241 bits per heavy atom. The molecule has 0 saturated heterocycles. The Morgan fingerprint density at radius 3 is 0.687 bits per heavy atom. The Kier molecular flexibility index (Phi) is 64.9. The predicted molar refractivity (Wildman–Crippen MR) is 361 cm³/mol. The minimum atomic E-state index is -0.810. The largest absolute Gasteiger partial charge is 0.462 e. The molecule has 83 heavy (non-hydrogen) atoms. The maximum Gasteiger partial charge on any atom is 0.306 e. The van der Waals surface area contributed by atoms with Gasteiger partial charge in [-0.15, -0.1) is 0 Å². The van der Waals surface area contributed by atoms with Gasteiger partial charge in [-0.1, -0.05) is 281 Å². The zero-order chi connectivity index (χ0) is 59.9. The van der Waals surface area contributed by atoms with E-state index in [4.69, 9.17) is 14.2 Å². The number of rotatable bonds is 59. The summed E-state index contributed by atoms with van der Waals surface area (Å²) in [5.41, 5.74) is 0. The highest BCUT2D eigenvalue weighted by Crippen LogP contribution is 2.15. The lowest BCUT2D eigenvalue weighted by Crippen LogP contribution is -2.30. The number of carbonyl (C=O) groups is 3. The fourth-order valence-electron chi connectivity index (χ4n) is 8.78. The van der Waals surface area contributed by atoms with Crippen LogP contribution in [0.3, 0.4) is 0 Å². The monoisotopic (exact) mass is 1140 g/mol. The fourth-order valence-corrected chi connectivity index (χ4v) is 8.78. The fraction of sp³-hybridized carbons (Fsp3) is 0.597. The minimum absolute atomic E-state index is 0.103. The summed E-state index contributed by atoms with van der Waals surface area (Å²) in [7, 11) is 0. The molecule has 0 N–H and O–H groups in total. The van der Waals surface area contributed by atoms with E-state index in [-0.39, 0.29) is 31.1 Å². The molecular formula is C77H122O6. The molecule has 0 aromatic rings. The van der Waals surface area contributed by atoms with Gasteiger partial charge in [0.25, 0.3) is 0 Å². The Morgan fingerprint density at radius 2 is 0.434 bits per heavy atom. The zero-order valence-corrected chi connectivity index (χ0v) is 53.4. The molecule has 0 heterocycles. The van der Waals surface area contributed by atoms with Gasteiger partial charge >= 0.3 is 17.9 Å². The highest BCUT2D eigenvalue weighted by molar-refractivity contribution is 5.71. The van der Waals surface area contributed by atoms with E-state index >= 15 is 0 Å². The first kappa shape index (κ1) is 77.8. The average Bonchev–Trinajstić information content (AvgIpc) is 3.49. The minimum Gasteiger partial charge on any atom is -0.462 e. The van der Waals surface area contributed by atoms with Crippen molar-refractivity contribution in [3.63, 3.8) is 0 Å². The third-order valence-corrected chi connectivity index (χ3v) is 13.7. The topological polar surface area (TPSA) is 78.9 Å². The van der Waals surface area contributed by atoms with Gasteiger partial charge in [0.2, 0.25) is 0 Å². The summed E-state index contributed by atoms with van der Waals surface area (Å²) >= 11 is 0. The molecule has 1 atom stereocenters. The molecule has 6 nitrogen and oxygen atoms in total. The van der Waals surface area contributed by atoms with Gasteiger partial charge in [-0.2, -0.15) is 0 Å². The van der Waals surface area contributed by atoms with Crippen molar-refractivity contribution in [1.82, 2.24) is 0 Å². The number of esters is 3. The van der Waals surface area contributed by atoms with Crippen LogP contribution in [0.1, 0.15) is 278 Å². The molecule has 0 spiro atoms. The van der Waals surface area contributed by atoms with E-state index in [0.717, 1.165) is 161 Å². The summed E-state index contributed by atoms with van der Waals surface area (Å²) in [5.74, 6) is -0.951. The van der Waals surface area contributed by atoms with Crippen LogP contribution in [0.5, 0.6) is 0 Å². The molecule has 0 radical (unpaired) electrons. The highest BCUT2D eigenvalue weighted by Gasteiger charge is 2.19. The molecule has 0 aliphatic carbocycles. The lowest BCUT2D eigenvalue weighted by atomic mass is 10.0. The molecule has 0 fully saturated rings. The number of hydrogen-bond acceptors (Lipinski definition) is 6. The van der Waals surface area contributed by atoms with E-state index in [1.807, 2.05) is 0 Å². The van der Waals surface area contributed by atoms with Crippen molar-refractivity contribution in [2.75, 3.05) is 13.2 Å². The van der Waals surface area contributed by atoms with Crippen LogP contribution in [0.15, 0.2) is 170 Å². The first-order valence-electron chi connectivity index (χ1n) is 33.6. The van der Waals surface area contributed by atoms with E-state index < -0.39 is 6.10 Å². The molecule has 0 aliphatic rings. The number of carbonyl (C=O) groups excluding carboxylic acids is 3. The number of allylic oxidation sites excluding steroid dienone is 28. The van der Waals surface area contributed by atoms with Gasteiger partial charge in [0.1, 0.15) is 13.2 Å². The third-order valence-electron chi connectivity index (χ3n) is 13.7. The van der Waals surface area contributed by atoms with E-state index in [1.165, 1.54) is 77.0 Å². The smallest absolute Gasteiger partial charge is 0.306 e. The maximum atomic E-state index is 13.0. The van der Waals surface area contributed by atoms with Crippen molar-refractivity contribution in [3.05, 3.63) is 170 Å². The molecule has 0 rings (SSSR count). The van der Waals surface area contributed by atoms with E-state index in [1.54, 1.807) is 0 Å². The second-order valence-corrected chi connectivity index (χ2v) is 21.6. The molecule has 0 aromatic heterocycles. The number of hydrogen-bond donors (Lipinski definition) is 0. The summed E-state index contributed by atoms with van der Waals surface area (Å²) < 4.78 is 16.9. The zero-order valence-electron chi connectivity index (χ0n) is 53.4. The Hall–Kier alpha value is -5.23. The molecule has 466 valence electrons. The Balaban J connectivity index is 4.49. The summed E-state index contributed by atoms with van der Waals surface area (Å²) in [5, 5.41) is 0. The average molecular weight is 1140 g/mol. The lowest BCUT2D eigenvalue weighted by molar-refractivity contribution is -0.167. The van der Waals surface area contributed by atoms with Gasteiger partial charge in [-0.05, 0) is 148 Å². The van der Waals surface area contributed by atoms with Crippen LogP contribution < -0.4 is 0 Å². The normalized spacial score (nSPS) is 13.2. The van der Waals surface area contributed by atoms with Crippen molar-refractivity contribution >= 4 is 17.9 Å².